The van der Waals surface area contributed by atoms with Crippen LogP contribution in [0, 0.1) is 0 Å². The van der Waals surface area contributed by atoms with Crippen LogP contribution in [-0.2, 0) is 19.1 Å². The lowest BCUT2D eigenvalue weighted by atomic mass is 10.0. The molecule has 0 bridgehead atoms. The topological polar surface area (TPSA) is 84.9 Å². The first-order valence-electron chi connectivity index (χ1n) is 9.48. The number of nitrogens with zero attached hydrogens (tertiary/aromatic N) is 1. The monoisotopic (exact) mass is 382 g/mol. The van der Waals surface area contributed by atoms with Gasteiger partial charge in [-0.3, -0.25) is 4.79 Å². The van der Waals surface area contributed by atoms with Crippen LogP contribution in [0.3, 0.4) is 0 Å². The van der Waals surface area contributed by atoms with Gasteiger partial charge in [-0.15, -0.1) is 0 Å². The number of likely N-dealkylation sites (tertiary alicyclic amines) is 1. The molecule has 7 nitrogen and oxygen atoms in total. The molecule has 1 saturated heterocycles. The van der Waals surface area contributed by atoms with Crippen molar-refractivity contribution < 1.29 is 23.9 Å². The van der Waals surface area contributed by atoms with E-state index in [1.165, 1.54) is 0 Å². The molecule has 0 radical (unpaired) electrons. The quantitative estimate of drug-likeness (QED) is 0.583. The Hall–Kier alpha value is -2.05. The van der Waals surface area contributed by atoms with Crippen LogP contribution in [-0.4, -0.2) is 53.2 Å². The Kier molecular flexibility index (Phi) is 7.87. The highest BCUT2D eigenvalue weighted by Gasteiger charge is 2.31. The molecule has 7 heteroatoms. The summed E-state index contributed by atoms with van der Waals surface area (Å²) in [5.74, 6) is -0.810. The summed E-state index contributed by atoms with van der Waals surface area (Å²) in [6.45, 7) is 15.6. The van der Waals surface area contributed by atoms with E-state index in [0.29, 0.717) is 13.1 Å². The van der Waals surface area contributed by atoms with Crippen molar-refractivity contribution in [2.45, 2.75) is 84.5 Å². The van der Waals surface area contributed by atoms with Gasteiger partial charge in [-0.1, -0.05) is 6.58 Å². The maximum Gasteiger partial charge on any atom is 0.408 e. The van der Waals surface area contributed by atoms with Crippen LogP contribution in [0.2, 0.25) is 0 Å². The normalized spacial score (nSPS) is 16.3. The maximum atomic E-state index is 12.6. The van der Waals surface area contributed by atoms with Crippen LogP contribution in [0.15, 0.2) is 12.2 Å². The molecule has 1 rings (SSSR count). The van der Waals surface area contributed by atoms with E-state index >= 15 is 0 Å². The molecule has 1 atom stereocenters. The Morgan fingerprint density at radius 2 is 1.48 bits per heavy atom. The summed E-state index contributed by atoms with van der Waals surface area (Å²) < 4.78 is 10.6. The minimum atomic E-state index is -1.04. The summed E-state index contributed by atoms with van der Waals surface area (Å²) in [6.07, 6.45) is 2.27. The lowest BCUT2D eigenvalue weighted by Gasteiger charge is -2.29. The van der Waals surface area contributed by atoms with Gasteiger partial charge < -0.3 is 19.7 Å². The molecule has 0 spiro atoms. The Bertz CT molecular complexity index is 566. The molecule has 27 heavy (non-hydrogen) atoms. The fourth-order valence-corrected chi connectivity index (χ4v) is 2.67. The number of nitrogens with one attached hydrogen (secondary N) is 1. The van der Waals surface area contributed by atoms with Gasteiger partial charge in [-0.2, -0.15) is 0 Å². The Labute approximate surface area is 162 Å². The van der Waals surface area contributed by atoms with Crippen molar-refractivity contribution in [3.63, 3.8) is 0 Å². The molecule has 0 aromatic rings. The van der Waals surface area contributed by atoms with Crippen LogP contribution in [0.25, 0.3) is 0 Å². The summed E-state index contributed by atoms with van der Waals surface area (Å²) >= 11 is 0. The highest BCUT2D eigenvalue weighted by atomic mass is 16.6. The van der Waals surface area contributed by atoms with Gasteiger partial charge >= 0.3 is 12.1 Å². The van der Waals surface area contributed by atoms with Crippen molar-refractivity contribution in [1.82, 2.24) is 10.2 Å². The summed E-state index contributed by atoms with van der Waals surface area (Å²) in [5, 5.41) is 2.52. The third kappa shape index (κ3) is 8.93. The number of hydrogen-bond donors (Lipinski definition) is 1. The van der Waals surface area contributed by atoms with Crippen molar-refractivity contribution in [2.75, 3.05) is 13.1 Å². The molecule has 1 aliphatic heterocycles. The van der Waals surface area contributed by atoms with E-state index in [2.05, 4.69) is 11.9 Å². The van der Waals surface area contributed by atoms with Crippen LogP contribution in [0.4, 0.5) is 4.79 Å². The first kappa shape index (κ1) is 23.0. The standard InChI is InChI=1S/C20H34N2O5/c1-14(16(23)22-11-9-8-10-12-22)13-15(17(24)26-19(2,3)4)21-18(25)27-20(5,6)7/h15H,1,8-13H2,2-7H3,(H,21,25)/t15-/m0/s1. The molecule has 0 aromatic carbocycles. The average Bonchev–Trinajstić information content (AvgIpc) is 2.50. The van der Waals surface area contributed by atoms with Gasteiger partial charge in [-0.25, -0.2) is 9.59 Å². The molecule has 1 fully saturated rings. The lowest BCUT2D eigenvalue weighted by molar-refractivity contribution is -0.157. The minimum Gasteiger partial charge on any atom is -0.458 e. The van der Waals surface area contributed by atoms with Crippen molar-refractivity contribution in [3.8, 4) is 0 Å². The number of hydrogen-bond acceptors (Lipinski definition) is 5. The predicted molar refractivity (Wildman–Crippen MR) is 103 cm³/mol. The van der Waals surface area contributed by atoms with E-state index in [9.17, 15) is 14.4 Å². The first-order chi connectivity index (χ1) is 12.3. The van der Waals surface area contributed by atoms with Crippen molar-refractivity contribution in [3.05, 3.63) is 12.2 Å². The number of ether oxygens (including phenoxy) is 2. The molecular formula is C20H34N2O5. The molecule has 1 aliphatic rings. The van der Waals surface area contributed by atoms with E-state index in [-0.39, 0.29) is 17.9 Å². The van der Waals surface area contributed by atoms with E-state index in [0.717, 1.165) is 19.3 Å². The molecule has 154 valence electrons. The summed E-state index contributed by atoms with van der Waals surface area (Å²) in [5.41, 5.74) is -1.16. The van der Waals surface area contributed by atoms with Gasteiger partial charge in [0.15, 0.2) is 0 Å². The summed E-state index contributed by atoms with van der Waals surface area (Å²) in [7, 11) is 0. The van der Waals surface area contributed by atoms with Gasteiger partial charge in [0, 0.05) is 25.1 Å². The van der Waals surface area contributed by atoms with Crippen LogP contribution < -0.4 is 5.32 Å². The predicted octanol–water partition coefficient (Wildman–Crippen LogP) is 3.18. The number of amides is 2. The number of rotatable bonds is 5. The van der Waals surface area contributed by atoms with Crippen LogP contribution >= 0.6 is 0 Å². The Morgan fingerprint density at radius 3 is 1.96 bits per heavy atom. The third-order valence-corrected chi connectivity index (χ3v) is 3.78. The number of piperidine rings is 1. The van der Waals surface area contributed by atoms with E-state index in [1.54, 1.807) is 46.4 Å². The zero-order valence-corrected chi connectivity index (χ0v) is 17.5. The minimum absolute atomic E-state index is 0.0243. The van der Waals surface area contributed by atoms with Crippen molar-refractivity contribution in [1.29, 1.82) is 0 Å². The SMILES string of the molecule is C=C(C[C@H](NC(=O)OC(C)(C)C)C(=O)OC(C)(C)C)C(=O)N1CCCCC1. The molecule has 0 aliphatic carbocycles. The molecule has 2 amide bonds. The first-order valence-corrected chi connectivity index (χ1v) is 9.48. The summed E-state index contributed by atoms with van der Waals surface area (Å²) in [6, 6.07) is -1.04. The summed E-state index contributed by atoms with van der Waals surface area (Å²) in [4.78, 5) is 39.0. The number of esters is 1. The zero-order chi connectivity index (χ0) is 20.8. The molecule has 1 N–H and O–H groups in total. The second-order valence-corrected chi connectivity index (χ2v) is 8.89. The zero-order valence-electron chi connectivity index (χ0n) is 17.5. The Morgan fingerprint density at radius 1 is 0.963 bits per heavy atom. The van der Waals surface area contributed by atoms with Crippen molar-refractivity contribution in [2.24, 2.45) is 0 Å². The largest absolute Gasteiger partial charge is 0.458 e. The molecule has 0 aromatic heterocycles. The van der Waals surface area contributed by atoms with Crippen LogP contribution in [0.1, 0.15) is 67.2 Å². The van der Waals surface area contributed by atoms with Gasteiger partial charge in [-0.05, 0) is 60.8 Å². The number of alkyl carbamates (subject to hydrolysis) is 1. The fraction of sp³-hybridized carbons (Fsp3) is 0.750. The number of carbonyl (C=O) groups is 3. The molecule has 1 heterocycles. The van der Waals surface area contributed by atoms with Gasteiger partial charge in [0.2, 0.25) is 5.91 Å². The van der Waals surface area contributed by atoms with Gasteiger partial charge in [0.1, 0.15) is 17.2 Å². The second kappa shape index (κ2) is 9.24. The highest BCUT2D eigenvalue weighted by molar-refractivity contribution is 5.94. The molecule has 0 saturated carbocycles. The van der Waals surface area contributed by atoms with E-state index in [4.69, 9.17) is 9.47 Å². The van der Waals surface area contributed by atoms with Crippen molar-refractivity contribution >= 4 is 18.0 Å². The fourth-order valence-electron chi connectivity index (χ4n) is 2.67. The highest BCUT2D eigenvalue weighted by Crippen LogP contribution is 2.17. The molecular weight excluding hydrogens is 348 g/mol. The smallest absolute Gasteiger partial charge is 0.408 e. The van der Waals surface area contributed by atoms with Crippen LogP contribution in [0.5, 0.6) is 0 Å². The third-order valence-electron chi connectivity index (χ3n) is 3.78. The van der Waals surface area contributed by atoms with Gasteiger partial charge in [0.25, 0.3) is 0 Å². The Balaban J connectivity index is 2.82. The number of carbonyl (C=O) groups excluding carboxylic acids is 3. The van der Waals surface area contributed by atoms with E-state index in [1.807, 2.05) is 0 Å². The van der Waals surface area contributed by atoms with E-state index < -0.39 is 29.3 Å². The second-order valence-electron chi connectivity index (χ2n) is 8.89. The lowest BCUT2D eigenvalue weighted by Crippen LogP contribution is -2.47. The average molecular weight is 383 g/mol. The maximum absolute atomic E-state index is 12.6. The van der Waals surface area contributed by atoms with Gasteiger partial charge in [0.05, 0.1) is 0 Å². The molecule has 0 unspecified atom stereocenters.